The average molecular weight is 284 g/mol. The van der Waals surface area contributed by atoms with Crippen LogP contribution in [0.1, 0.15) is 44.9 Å². The van der Waals surface area contributed by atoms with E-state index in [1.165, 1.54) is 6.42 Å². The third-order valence-corrected chi connectivity index (χ3v) is 4.46. The van der Waals surface area contributed by atoms with E-state index < -0.39 is 0 Å². The van der Waals surface area contributed by atoms with E-state index in [2.05, 4.69) is 0 Å². The van der Waals surface area contributed by atoms with E-state index in [-0.39, 0.29) is 17.9 Å². The molecule has 0 saturated carbocycles. The van der Waals surface area contributed by atoms with E-state index >= 15 is 0 Å². The lowest BCUT2D eigenvalue weighted by molar-refractivity contribution is -0.133. The maximum absolute atomic E-state index is 12.2. The number of ether oxygens (including phenoxy) is 1. The van der Waals surface area contributed by atoms with Crippen molar-refractivity contribution in [1.82, 2.24) is 4.90 Å². The molecule has 2 N–H and O–H groups in total. The van der Waals surface area contributed by atoms with Gasteiger partial charge in [-0.3, -0.25) is 4.79 Å². The van der Waals surface area contributed by atoms with Crippen LogP contribution in [0.4, 0.5) is 0 Å². The van der Waals surface area contributed by atoms with E-state index in [1.54, 1.807) is 0 Å². The second-order valence-electron chi connectivity index (χ2n) is 5.61. The summed E-state index contributed by atoms with van der Waals surface area (Å²) in [6, 6.07) is 0. The van der Waals surface area contributed by atoms with Gasteiger partial charge in [0.25, 0.3) is 0 Å². The zero-order valence-electron chi connectivity index (χ0n) is 11.5. The molecular weight excluding hydrogens is 260 g/mol. The van der Waals surface area contributed by atoms with Gasteiger partial charge >= 0.3 is 0 Å². The summed E-state index contributed by atoms with van der Waals surface area (Å²) < 4.78 is 5.66. The average Bonchev–Trinajstić information content (AvgIpc) is 2.46. The van der Waals surface area contributed by atoms with Crippen LogP contribution < -0.4 is 5.73 Å². The van der Waals surface area contributed by atoms with Crippen LogP contribution in [0.15, 0.2) is 0 Å². The van der Waals surface area contributed by atoms with Gasteiger partial charge in [-0.2, -0.15) is 0 Å². The highest BCUT2D eigenvalue weighted by Gasteiger charge is 2.25. The lowest BCUT2D eigenvalue weighted by Crippen LogP contribution is -2.43. The number of likely N-dealkylation sites (tertiary alicyclic amines) is 1. The fourth-order valence-corrected chi connectivity index (χ4v) is 3.11. The zero-order chi connectivity index (χ0) is 13.7. The Morgan fingerprint density at radius 3 is 2.84 bits per heavy atom. The second kappa shape index (κ2) is 7.20. The molecule has 19 heavy (non-hydrogen) atoms. The van der Waals surface area contributed by atoms with Gasteiger partial charge in [-0.05, 0) is 38.5 Å². The molecule has 0 bridgehead atoms. The van der Waals surface area contributed by atoms with Crippen molar-refractivity contribution in [2.24, 2.45) is 11.7 Å². The van der Waals surface area contributed by atoms with E-state index in [0.717, 1.165) is 45.3 Å². The first kappa shape index (κ1) is 14.7. The summed E-state index contributed by atoms with van der Waals surface area (Å²) in [4.78, 5) is 14.7. The minimum Gasteiger partial charge on any atom is -0.393 e. The Balaban J connectivity index is 1.74. The molecular formula is C14H24N2O2S. The predicted molar refractivity (Wildman–Crippen MR) is 78.9 cm³/mol. The molecule has 0 aromatic carbocycles. The molecule has 0 radical (unpaired) electrons. The Morgan fingerprint density at radius 1 is 1.32 bits per heavy atom. The number of nitrogens with two attached hydrogens (primary N) is 1. The molecule has 2 rings (SSSR count). The van der Waals surface area contributed by atoms with E-state index in [9.17, 15) is 4.79 Å². The molecule has 4 nitrogen and oxygen atoms in total. The Morgan fingerprint density at radius 2 is 2.16 bits per heavy atom. The fraction of sp³-hybridized carbons (Fsp3) is 0.857. The molecule has 0 aliphatic carbocycles. The third-order valence-electron chi connectivity index (χ3n) is 4.13. The molecule has 2 heterocycles. The molecule has 2 atom stereocenters. The van der Waals surface area contributed by atoms with Gasteiger partial charge in [0.05, 0.1) is 11.1 Å². The Hall–Kier alpha value is -0.680. The highest BCUT2D eigenvalue weighted by atomic mass is 32.1. The largest absolute Gasteiger partial charge is 0.393 e. The Bertz CT molecular complexity index is 329. The normalized spacial score (nSPS) is 28.1. The van der Waals surface area contributed by atoms with Gasteiger partial charge in [-0.1, -0.05) is 12.2 Å². The van der Waals surface area contributed by atoms with Crippen molar-refractivity contribution in [3.05, 3.63) is 0 Å². The lowest BCUT2D eigenvalue weighted by atomic mass is 9.97. The number of hydrogen-bond acceptors (Lipinski definition) is 3. The molecule has 0 spiro atoms. The van der Waals surface area contributed by atoms with Gasteiger partial charge in [0.2, 0.25) is 5.91 Å². The van der Waals surface area contributed by atoms with Gasteiger partial charge < -0.3 is 15.4 Å². The number of rotatable bonds is 4. The first-order chi connectivity index (χ1) is 9.16. The highest BCUT2D eigenvalue weighted by molar-refractivity contribution is 7.80. The van der Waals surface area contributed by atoms with Crippen LogP contribution in [0.2, 0.25) is 0 Å². The topological polar surface area (TPSA) is 55.6 Å². The van der Waals surface area contributed by atoms with Crippen molar-refractivity contribution >= 4 is 23.1 Å². The molecule has 1 amide bonds. The van der Waals surface area contributed by atoms with Gasteiger partial charge in [0.15, 0.2) is 0 Å². The van der Waals surface area contributed by atoms with Crippen LogP contribution >= 0.6 is 12.2 Å². The lowest BCUT2D eigenvalue weighted by Gasteiger charge is -2.32. The first-order valence-corrected chi connectivity index (χ1v) is 7.76. The summed E-state index contributed by atoms with van der Waals surface area (Å²) in [6.07, 6.45) is 7.25. The van der Waals surface area contributed by atoms with E-state index in [1.807, 2.05) is 4.90 Å². The van der Waals surface area contributed by atoms with E-state index in [0.29, 0.717) is 18.0 Å². The monoisotopic (exact) mass is 284 g/mol. The fourth-order valence-electron chi connectivity index (χ4n) is 2.91. The Kier molecular flexibility index (Phi) is 5.58. The van der Waals surface area contributed by atoms with Crippen LogP contribution in [0.25, 0.3) is 0 Å². The van der Waals surface area contributed by atoms with Crippen LogP contribution in [-0.2, 0) is 9.53 Å². The molecule has 2 unspecified atom stereocenters. The summed E-state index contributed by atoms with van der Waals surface area (Å²) in [5.41, 5.74) is 5.69. The molecule has 0 aromatic heterocycles. The zero-order valence-corrected chi connectivity index (χ0v) is 12.3. The van der Waals surface area contributed by atoms with Crippen molar-refractivity contribution in [1.29, 1.82) is 0 Å². The first-order valence-electron chi connectivity index (χ1n) is 7.35. The maximum atomic E-state index is 12.2. The number of carbonyl (C=O) groups is 1. The number of carbonyl (C=O) groups excluding carboxylic acids is 1. The highest BCUT2D eigenvalue weighted by Crippen LogP contribution is 2.20. The summed E-state index contributed by atoms with van der Waals surface area (Å²) in [7, 11) is 0. The minimum absolute atomic E-state index is 0.207. The molecule has 0 aromatic rings. The number of thiocarbonyl (C=S) groups is 1. The smallest absolute Gasteiger partial charge is 0.222 e. The number of amides is 1. The molecule has 2 aliphatic heterocycles. The third kappa shape index (κ3) is 4.42. The van der Waals surface area contributed by atoms with Crippen molar-refractivity contribution in [2.45, 2.75) is 51.0 Å². The summed E-state index contributed by atoms with van der Waals surface area (Å²) in [5.74, 6) is 0.439. The number of piperidine rings is 1. The second-order valence-corrected chi connectivity index (χ2v) is 6.08. The SMILES string of the molecule is NC(=S)C1CCCN(C(=O)CCC2CCCCO2)C1. The predicted octanol–water partition coefficient (Wildman–Crippen LogP) is 1.86. The number of hydrogen-bond donors (Lipinski definition) is 1. The standard InChI is InChI=1S/C14H24N2O2S/c15-14(19)11-4-3-8-16(10-11)13(17)7-6-12-5-1-2-9-18-12/h11-12H,1-10H2,(H2,15,19). The van der Waals surface area contributed by atoms with Crippen molar-refractivity contribution in [2.75, 3.05) is 19.7 Å². The van der Waals surface area contributed by atoms with E-state index in [4.69, 9.17) is 22.7 Å². The van der Waals surface area contributed by atoms with Crippen LogP contribution in [0, 0.1) is 5.92 Å². The van der Waals surface area contributed by atoms with Crippen molar-refractivity contribution < 1.29 is 9.53 Å². The summed E-state index contributed by atoms with van der Waals surface area (Å²) in [5, 5.41) is 0. The molecule has 2 saturated heterocycles. The van der Waals surface area contributed by atoms with Crippen LogP contribution in [0.5, 0.6) is 0 Å². The molecule has 5 heteroatoms. The van der Waals surface area contributed by atoms with Gasteiger partial charge in [-0.15, -0.1) is 0 Å². The quantitative estimate of drug-likeness (QED) is 0.801. The minimum atomic E-state index is 0.207. The Labute approximate surface area is 120 Å². The molecule has 2 aliphatic rings. The van der Waals surface area contributed by atoms with Crippen molar-refractivity contribution in [3.63, 3.8) is 0 Å². The van der Waals surface area contributed by atoms with Crippen molar-refractivity contribution in [3.8, 4) is 0 Å². The number of nitrogens with zero attached hydrogens (tertiary/aromatic N) is 1. The summed E-state index contributed by atoms with van der Waals surface area (Å²) >= 11 is 5.04. The van der Waals surface area contributed by atoms with Gasteiger partial charge in [0, 0.05) is 32.0 Å². The van der Waals surface area contributed by atoms with Gasteiger partial charge in [-0.25, -0.2) is 0 Å². The van der Waals surface area contributed by atoms with Gasteiger partial charge in [0.1, 0.15) is 0 Å². The summed E-state index contributed by atoms with van der Waals surface area (Å²) in [6.45, 7) is 2.41. The molecule has 2 fully saturated rings. The maximum Gasteiger partial charge on any atom is 0.222 e. The van der Waals surface area contributed by atoms with Crippen LogP contribution in [-0.4, -0.2) is 41.6 Å². The molecule has 108 valence electrons. The van der Waals surface area contributed by atoms with Crippen LogP contribution in [0.3, 0.4) is 0 Å².